The fourth-order valence-electron chi connectivity index (χ4n) is 1.73. The number of benzene rings is 1. The van der Waals surface area contributed by atoms with E-state index in [1.807, 2.05) is 0 Å². The summed E-state index contributed by atoms with van der Waals surface area (Å²) in [6.45, 7) is 1.83. The number of halogens is 3. The van der Waals surface area contributed by atoms with Crippen molar-refractivity contribution in [3.63, 3.8) is 0 Å². The van der Waals surface area contributed by atoms with E-state index in [2.05, 4.69) is 5.10 Å². The lowest BCUT2D eigenvalue weighted by Crippen LogP contribution is -2.12. The molecule has 0 saturated carbocycles. The average Bonchev–Trinajstić information content (AvgIpc) is 2.57. The smallest absolute Gasteiger partial charge is 0.130 e. The average molecular weight is 289 g/mol. The van der Waals surface area contributed by atoms with E-state index in [0.717, 1.165) is 5.69 Å². The zero-order valence-electron chi connectivity index (χ0n) is 9.57. The van der Waals surface area contributed by atoms with Gasteiger partial charge in [-0.1, -0.05) is 29.3 Å². The van der Waals surface area contributed by atoms with Gasteiger partial charge >= 0.3 is 0 Å². The number of nitrogens with zero attached hydrogens (tertiary/aromatic N) is 2. The Bertz CT molecular complexity index is 551. The van der Waals surface area contributed by atoms with Crippen molar-refractivity contribution in [2.75, 3.05) is 0 Å². The van der Waals surface area contributed by atoms with Crippen LogP contribution >= 0.6 is 23.2 Å². The third-order valence-electron chi connectivity index (χ3n) is 2.53. The van der Waals surface area contributed by atoms with Crippen molar-refractivity contribution >= 4 is 23.2 Å². The van der Waals surface area contributed by atoms with Gasteiger partial charge in [-0.3, -0.25) is 4.68 Å². The number of hydrogen-bond acceptors (Lipinski definition) is 2. The highest BCUT2D eigenvalue weighted by Gasteiger charge is 2.18. The van der Waals surface area contributed by atoms with Gasteiger partial charge < -0.3 is 5.11 Å². The molecule has 1 N–H and O–H groups in total. The molecule has 2 rings (SSSR count). The van der Waals surface area contributed by atoms with Crippen LogP contribution in [-0.2, 0) is 6.54 Å². The number of aryl methyl sites for hydroxylation is 1. The van der Waals surface area contributed by atoms with Gasteiger partial charge in [0.15, 0.2) is 0 Å². The Labute approximate surface area is 114 Å². The fraction of sp³-hybridized carbons (Fsp3) is 0.250. The molecular formula is C12H11Cl2FN2O. The van der Waals surface area contributed by atoms with E-state index in [1.165, 1.54) is 22.9 Å². The first kappa shape index (κ1) is 13.3. The highest BCUT2D eigenvalue weighted by Crippen LogP contribution is 2.27. The van der Waals surface area contributed by atoms with E-state index in [9.17, 15) is 9.50 Å². The summed E-state index contributed by atoms with van der Waals surface area (Å²) in [6, 6.07) is 5.93. The third-order valence-corrected chi connectivity index (χ3v) is 3.17. The van der Waals surface area contributed by atoms with Crippen LogP contribution in [0.15, 0.2) is 24.3 Å². The molecule has 96 valence electrons. The standard InChI is InChI=1S/C12H11Cl2FN2O/c1-7-5-11(14)17(16-7)6-10(18)12-8(13)3-2-4-9(12)15/h2-5,10,18H,6H2,1H3/t10-/m0/s1. The van der Waals surface area contributed by atoms with Crippen LogP contribution in [0, 0.1) is 12.7 Å². The summed E-state index contributed by atoms with van der Waals surface area (Å²) in [5.41, 5.74) is 0.787. The molecule has 0 saturated heterocycles. The van der Waals surface area contributed by atoms with Gasteiger partial charge in [-0.25, -0.2) is 4.39 Å². The molecule has 3 nitrogen and oxygen atoms in total. The second-order valence-corrected chi connectivity index (χ2v) is 4.74. The summed E-state index contributed by atoms with van der Waals surface area (Å²) in [4.78, 5) is 0. The monoisotopic (exact) mass is 288 g/mol. The van der Waals surface area contributed by atoms with Crippen LogP contribution in [0.1, 0.15) is 17.4 Å². The first-order valence-corrected chi connectivity index (χ1v) is 6.06. The van der Waals surface area contributed by atoms with Crippen molar-refractivity contribution in [1.82, 2.24) is 9.78 Å². The molecule has 0 bridgehead atoms. The highest BCUT2D eigenvalue weighted by molar-refractivity contribution is 6.31. The lowest BCUT2D eigenvalue weighted by Gasteiger charge is -2.14. The van der Waals surface area contributed by atoms with E-state index >= 15 is 0 Å². The van der Waals surface area contributed by atoms with Gasteiger partial charge in [-0.15, -0.1) is 0 Å². The number of aromatic nitrogens is 2. The Hall–Kier alpha value is -1.10. The van der Waals surface area contributed by atoms with Crippen LogP contribution in [-0.4, -0.2) is 14.9 Å². The first-order chi connectivity index (χ1) is 8.49. The van der Waals surface area contributed by atoms with Crippen LogP contribution in [0.25, 0.3) is 0 Å². The van der Waals surface area contributed by atoms with Crippen molar-refractivity contribution in [3.8, 4) is 0 Å². The molecule has 0 fully saturated rings. The molecule has 2 aromatic rings. The highest BCUT2D eigenvalue weighted by atomic mass is 35.5. The topological polar surface area (TPSA) is 38.0 Å². The molecular weight excluding hydrogens is 278 g/mol. The van der Waals surface area contributed by atoms with Crippen LogP contribution in [0.2, 0.25) is 10.2 Å². The molecule has 1 aromatic heterocycles. The molecule has 0 aliphatic heterocycles. The van der Waals surface area contributed by atoms with Crippen molar-refractivity contribution in [3.05, 3.63) is 51.5 Å². The molecule has 1 aromatic carbocycles. The van der Waals surface area contributed by atoms with Gasteiger partial charge in [0.05, 0.1) is 12.2 Å². The van der Waals surface area contributed by atoms with Crippen molar-refractivity contribution < 1.29 is 9.50 Å². The number of aliphatic hydroxyl groups excluding tert-OH is 1. The molecule has 0 aliphatic carbocycles. The minimum atomic E-state index is -1.10. The lowest BCUT2D eigenvalue weighted by atomic mass is 10.1. The Kier molecular flexibility index (Phi) is 3.90. The SMILES string of the molecule is Cc1cc(Cl)n(C[C@H](O)c2c(F)cccc2Cl)n1. The molecule has 1 atom stereocenters. The molecule has 0 radical (unpaired) electrons. The van der Waals surface area contributed by atoms with Crippen LogP contribution in [0.3, 0.4) is 0 Å². The Morgan fingerprint density at radius 3 is 2.72 bits per heavy atom. The summed E-state index contributed by atoms with van der Waals surface area (Å²) < 4.78 is 15.0. The Morgan fingerprint density at radius 1 is 1.44 bits per heavy atom. The fourth-order valence-corrected chi connectivity index (χ4v) is 2.28. The molecule has 0 unspecified atom stereocenters. The van der Waals surface area contributed by atoms with Gasteiger partial charge in [0.2, 0.25) is 0 Å². The number of hydrogen-bond donors (Lipinski definition) is 1. The predicted molar refractivity (Wildman–Crippen MR) is 68.3 cm³/mol. The van der Waals surface area contributed by atoms with Crippen molar-refractivity contribution in [2.45, 2.75) is 19.6 Å². The van der Waals surface area contributed by atoms with Gasteiger partial charge in [0, 0.05) is 10.6 Å². The van der Waals surface area contributed by atoms with Gasteiger partial charge in [0.25, 0.3) is 0 Å². The summed E-state index contributed by atoms with van der Waals surface area (Å²) in [5.74, 6) is -0.546. The maximum Gasteiger partial charge on any atom is 0.130 e. The second kappa shape index (κ2) is 5.26. The largest absolute Gasteiger partial charge is 0.386 e. The third kappa shape index (κ3) is 2.66. The first-order valence-electron chi connectivity index (χ1n) is 5.31. The summed E-state index contributed by atoms with van der Waals surface area (Å²) in [5, 5.41) is 14.7. The quantitative estimate of drug-likeness (QED) is 0.940. The maximum atomic E-state index is 13.6. The number of aliphatic hydroxyl groups is 1. The summed E-state index contributed by atoms with van der Waals surface area (Å²) in [7, 11) is 0. The van der Waals surface area contributed by atoms with E-state index in [1.54, 1.807) is 13.0 Å². The Morgan fingerprint density at radius 2 is 2.17 bits per heavy atom. The molecule has 0 aliphatic rings. The normalized spacial score (nSPS) is 12.7. The van der Waals surface area contributed by atoms with Crippen LogP contribution in [0.5, 0.6) is 0 Å². The maximum absolute atomic E-state index is 13.6. The van der Waals surface area contributed by atoms with E-state index in [4.69, 9.17) is 23.2 Å². The number of rotatable bonds is 3. The van der Waals surface area contributed by atoms with E-state index < -0.39 is 11.9 Å². The molecule has 6 heteroatoms. The van der Waals surface area contributed by atoms with Gasteiger partial charge in [-0.2, -0.15) is 5.10 Å². The minimum Gasteiger partial charge on any atom is -0.386 e. The molecule has 0 amide bonds. The minimum absolute atomic E-state index is 0.0489. The molecule has 1 heterocycles. The van der Waals surface area contributed by atoms with Crippen LogP contribution < -0.4 is 0 Å². The Balaban J connectivity index is 2.27. The molecule has 18 heavy (non-hydrogen) atoms. The van der Waals surface area contributed by atoms with Crippen molar-refractivity contribution in [2.24, 2.45) is 0 Å². The van der Waals surface area contributed by atoms with E-state index in [-0.39, 0.29) is 17.1 Å². The van der Waals surface area contributed by atoms with Crippen LogP contribution in [0.4, 0.5) is 4.39 Å². The van der Waals surface area contributed by atoms with Gasteiger partial charge in [-0.05, 0) is 25.1 Å². The lowest BCUT2D eigenvalue weighted by molar-refractivity contribution is 0.147. The predicted octanol–water partition coefficient (Wildman–Crippen LogP) is 3.37. The zero-order chi connectivity index (χ0) is 13.3. The second-order valence-electron chi connectivity index (χ2n) is 3.94. The molecule has 0 spiro atoms. The summed E-state index contributed by atoms with van der Waals surface area (Å²) in [6.07, 6.45) is -1.10. The van der Waals surface area contributed by atoms with Gasteiger partial charge in [0.1, 0.15) is 17.1 Å². The summed E-state index contributed by atoms with van der Waals surface area (Å²) >= 11 is 11.8. The van der Waals surface area contributed by atoms with E-state index in [0.29, 0.717) is 5.15 Å². The zero-order valence-corrected chi connectivity index (χ0v) is 11.1. The van der Waals surface area contributed by atoms with Crippen molar-refractivity contribution in [1.29, 1.82) is 0 Å².